The molecule has 7 nitrogen and oxygen atoms in total. The first kappa shape index (κ1) is 15.2. The number of nitrogens with zero attached hydrogens (tertiary/aromatic N) is 4. The highest BCUT2D eigenvalue weighted by atomic mass is 32.1. The molecule has 1 N–H and O–H groups in total. The molecule has 1 unspecified atom stereocenters. The van der Waals surface area contributed by atoms with Gasteiger partial charge in [-0.25, -0.2) is 15.0 Å². The highest BCUT2D eigenvalue weighted by molar-refractivity contribution is 7.13. The second-order valence-electron chi connectivity index (χ2n) is 6.11. The molecule has 2 fully saturated rings. The monoisotopic (exact) mass is 343 g/mol. The predicted molar refractivity (Wildman–Crippen MR) is 87.8 cm³/mol. The normalized spacial score (nSPS) is 20.4. The molecule has 1 aliphatic heterocycles. The average molecular weight is 343 g/mol. The Morgan fingerprint density at radius 3 is 2.88 bits per heavy atom. The van der Waals surface area contributed by atoms with Crippen LogP contribution in [0, 0.1) is 5.92 Å². The van der Waals surface area contributed by atoms with E-state index in [9.17, 15) is 9.59 Å². The quantitative estimate of drug-likeness (QED) is 0.882. The summed E-state index contributed by atoms with van der Waals surface area (Å²) in [6.45, 7) is 0.909. The first-order valence-electron chi connectivity index (χ1n) is 7.99. The van der Waals surface area contributed by atoms with Gasteiger partial charge >= 0.3 is 0 Å². The van der Waals surface area contributed by atoms with Crippen LogP contribution in [-0.2, 0) is 16.1 Å². The maximum Gasteiger partial charge on any atom is 0.225 e. The zero-order valence-electron chi connectivity index (χ0n) is 13.0. The van der Waals surface area contributed by atoms with Crippen LogP contribution in [0.5, 0.6) is 0 Å². The zero-order valence-corrected chi connectivity index (χ0v) is 13.8. The summed E-state index contributed by atoms with van der Waals surface area (Å²) in [5.41, 5.74) is 0.777. The van der Waals surface area contributed by atoms with Crippen molar-refractivity contribution in [1.82, 2.24) is 25.2 Å². The molecule has 1 aliphatic carbocycles. The minimum Gasteiger partial charge on any atom is -0.350 e. The molecule has 0 radical (unpaired) electrons. The Morgan fingerprint density at radius 2 is 2.12 bits per heavy atom. The minimum atomic E-state index is -0.242. The zero-order chi connectivity index (χ0) is 16.5. The number of amides is 2. The van der Waals surface area contributed by atoms with Gasteiger partial charge in [0.05, 0.1) is 18.2 Å². The minimum absolute atomic E-state index is 0.0722. The number of rotatable bonds is 5. The fourth-order valence-electron chi connectivity index (χ4n) is 2.87. The molecule has 2 aromatic rings. The van der Waals surface area contributed by atoms with Crippen molar-refractivity contribution >= 4 is 23.2 Å². The van der Waals surface area contributed by atoms with Crippen LogP contribution in [0.2, 0.25) is 0 Å². The smallest absolute Gasteiger partial charge is 0.225 e. The molecule has 4 rings (SSSR count). The second-order valence-corrected chi connectivity index (χ2v) is 6.97. The van der Waals surface area contributed by atoms with E-state index in [1.165, 1.54) is 11.3 Å². The summed E-state index contributed by atoms with van der Waals surface area (Å²) in [4.78, 5) is 38.9. The third-order valence-electron chi connectivity index (χ3n) is 4.27. The molecule has 124 valence electrons. The molecule has 1 atom stereocenters. The van der Waals surface area contributed by atoms with Crippen LogP contribution in [0.25, 0.3) is 10.8 Å². The molecule has 24 heavy (non-hydrogen) atoms. The highest BCUT2D eigenvalue weighted by Gasteiger charge is 2.41. The Morgan fingerprint density at radius 1 is 1.33 bits per heavy atom. The Kier molecular flexibility index (Phi) is 3.97. The van der Waals surface area contributed by atoms with Crippen LogP contribution < -0.4 is 5.32 Å². The lowest BCUT2D eigenvalue weighted by atomic mass is 10.1. The predicted octanol–water partition coefficient (Wildman–Crippen LogP) is 1.23. The maximum absolute atomic E-state index is 12.3. The Bertz CT molecular complexity index is 759. The van der Waals surface area contributed by atoms with Gasteiger partial charge in [-0.1, -0.05) is 0 Å². The maximum atomic E-state index is 12.3. The van der Waals surface area contributed by atoms with Crippen LogP contribution in [0.15, 0.2) is 23.8 Å². The lowest BCUT2D eigenvalue weighted by Crippen LogP contribution is -2.33. The van der Waals surface area contributed by atoms with Crippen molar-refractivity contribution < 1.29 is 9.59 Å². The van der Waals surface area contributed by atoms with Crippen LogP contribution >= 0.6 is 11.3 Å². The fraction of sp³-hybridized carbons (Fsp3) is 0.438. The largest absolute Gasteiger partial charge is 0.350 e. The van der Waals surface area contributed by atoms with E-state index in [1.807, 2.05) is 10.3 Å². The molecule has 2 aromatic heterocycles. The van der Waals surface area contributed by atoms with Gasteiger partial charge in [-0.15, -0.1) is 11.3 Å². The number of hydrogen-bond acceptors (Lipinski definition) is 6. The van der Waals surface area contributed by atoms with Gasteiger partial charge < -0.3 is 10.2 Å². The van der Waals surface area contributed by atoms with E-state index in [1.54, 1.807) is 18.5 Å². The van der Waals surface area contributed by atoms with Crippen molar-refractivity contribution in [2.24, 2.45) is 5.92 Å². The summed E-state index contributed by atoms with van der Waals surface area (Å²) in [5, 5.41) is 5.52. The highest BCUT2D eigenvalue weighted by Crippen LogP contribution is 2.32. The standard InChI is InChI=1S/C16H17N5O2S/c22-13-6-10(8-21(13)12-2-3-12)15(23)19-7-11-9-24-16(20-11)14-17-4-1-5-18-14/h1,4-5,9-10,12H,2-3,6-8H2,(H,19,23). The Labute approximate surface area is 143 Å². The van der Waals surface area contributed by atoms with Gasteiger partial charge in [0.25, 0.3) is 0 Å². The molecule has 0 bridgehead atoms. The van der Waals surface area contributed by atoms with Gasteiger partial charge in [0.1, 0.15) is 0 Å². The lowest BCUT2D eigenvalue weighted by Gasteiger charge is -2.15. The van der Waals surface area contributed by atoms with E-state index in [0.29, 0.717) is 31.4 Å². The van der Waals surface area contributed by atoms with Crippen molar-refractivity contribution in [2.75, 3.05) is 6.54 Å². The number of aromatic nitrogens is 3. The summed E-state index contributed by atoms with van der Waals surface area (Å²) in [6, 6.07) is 2.13. The fourth-order valence-corrected chi connectivity index (χ4v) is 3.63. The number of hydrogen-bond donors (Lipinski definition) is 1. The van der Waals surface area contributed by atoms with Gasteiger partial charge in [0.2, 0.25) is 11.8 Å². The molecule has 3 heterocycles. The van der Waals surface area contributed by atoms with Gasteiger partial charge in [-0.05, 0) is 18.9 Å². The summed E-state index contributed by atoms with van der Waals surface area (Å²) >= 11 is 1.45. The third kappa shape index (κ3) is 3.14. The van der Waals surface area contributed by atoms with Crippen molar-refractivity contribution in [3.63, 3.8) is 0 Å². The van der Waals surface area contributed by atoms with Gasteiger partial charge in [0, 0.05) is 36.8 Å². The average Bonchev–Trinajstić information content (AvgIpc) is 3.20. The van der Waals surface area contributed by atoms with Gasteiger partial charge in [-0.2, -0.15) is 0 Å². The van der Waals surface area contributed by atoms with Crippen LogP contribution in [0.3, 0.4) is 0 Å². The second kappa shape index (κ2) is 6.27. The Balaban J connectivity index is 1.33. The van der Waals surface area contributed by atoms with Gasteiger partial charge in [0.15, 0.2) is 10.8 Å². The molecule has 2 aliphatic rings. The van der Waals surface area contributed by atoms with E-state index in [-0.39, 0.29) is 17.7 Å². The van der Waals surface area contributed by atoms with Crippen molar-refractivity contribution in [3.05, 3.63) is 29.5 Å². The molecular weight excluding hydrogens is 326 g/mol. The first-order chi connectivity index (χ1) is 11.7. The topological polar surface area (TPSA) is 88.1 Å². The number of carbonyl (C=O) groups is 2. The van der Waals surface area contributed by atoms with E-state index < -0.39 is 0 Å². The van der Waals surface area contributed by atoms with Gasteiger partial charge in [-0.3, -0.25) is 9.59 Å². The molecule has 8 heteroatoms. The van der Waals surface area contributed by atoms with Crippen LogP contribution in [0.1, 0.15) is 25.0 Å². The van der Waals surface area contributed by atoms with E-state index in [0.717, 1.165) is 23.5 Å². The lowest BCUT2D eigenvalue weighted by molar-refractivity contribution is -0.129. The van der Waals surface area contributed by atoms with Crippen LogP contribution in [-0.4, -0.2) is 44.3 Å². The summed E-state index contributed by atoms with van der Waals surface area (Å²) in [5.74, 6) is 0.377. The van der Waals surface area contributed by atoms with Crippen molar-refractivity contribution in [2.45, 2.75) is 31.8 Å². The summed E-state index contributed by atoms with van der Waals surface area (Å²) < 4.78 is 0. The number of likely N-dealkylation sites (tertiary alicyclic amines) is 1. The Hall–Kier alpha value is -2.35. The number of carbonyl (C=O) groups excluding carboxylic acids is 2. The van der Waals surface area contributed by atoms with E-state index >= 15 is 0 Å². The van der Waals surface area contributed by atoms with Crippen LogP contribution in [0.4, 0.5) is 0 Å². The van der Waals surface area contributed by atoms with Crippen molar-refractivity contribution in [1.29, 1.82) is 0 Å². The number of thiazole rings is 1. The molecular formula is C16H17N5O2S. The number of nitrogens with one attached hydrogen (secondary N) is 1. The molecule has 1 saturated carbocycles. The summed E-state index contributed by atoms with van der Waals surface area (Å²) in [6.07, 6.45) is 5.82. The molecule has 0 spiro atoms. The van der Waals surface area contributed by atoms with Crippen molar-refractivity contribution in [3.8, 4) is 10.8 Å². The first-order valence-corrected chi connectivity index (χ1v) is 8.87. The SMILES string of the molecule is O=C(NCc1csc(-c2ncccn2)n1)C1CC(=O)N(C2CC2)C1. The molecule has 2 amide bonds. The molecule has 1 saturated heterocycles. The third-order valence-corrected chi connectivity index (χ3v) is 5.16. The summed E-state index contributed by atoms with van der Waals surface area (Å²) in [7, 11) is 0. The van der Waals surface area contributed by atoms with E-state index in [2.05, 4.69) is 20.3 Å². The van der Waals surface area contributed by atoms with E-state index in [4.69, 9.17) is 0 Å². The molecule has 0 aromatic carbocycles.